The molecule has 1 aromatic rings. The van der Waals surface area contributed by atoms with Crippen molar-refractivity contribution >= 4 is 11.8 Å². The molecule has 1 rings (SSSR count). The Morgan fingerprint density at radius 3 is 2.23 bits per heavy atom. The average molecular weight is 330 g/mol. The molecule has 0 bridgehead atoms. The first kappa shape index (κ1) is 19.4. The Morgan fingerprint density at radius 2 is 1.55 bits per heavy atom. The maximum atomic E-state index is 8.88. The fourth-order valence-electron chi connectivity index (χ4n) is 1.80. The standard InChI is InChI=1S/C16H26O5S/c17-6-8-19-9-10-20-11-12-21-16(14-22-13-7-18)15-4-2-1-3-5-15/h1-5,16-18H,6-14H2. The van der Waals surface area contributed by atoms with Gasteiger partial charge in [0.2, 0.25) is 0 Å². The van der Waals surface area contributed by atoms with Gasteiger partial charge >= 0.3 is 0 Å². The van der Waals surface area contributed by atoms with Gasteiger partial charge in [0.15, 0.2) is 0 Å². The molecular weight excluding hydrogens is 304 g/mol. The summed E-state index contributed by atoms with van der Waals surface area (Å²) >= 11 is 1.67. The van der Waals surface area contributed by atoms with Crippen molar-refractivity contribution in [1.82, 2.24) is 0 Å². The molecule has 0 saturated carbocycles. The van der Waals surface area contributed by atoms with E-state index in [4.69, 9.17) is 24.4 Å². The van der Waals surface area contributed by atoms with Crippen molar-refractivity contribution in [2.24, 2.45) is 0 Å². The van der Waals surface area contributed by atoms with Crippen molar-refractivity contribution in [3.8, 4) is 0 Å². The summed E-state index contributed by atoms with van der Waals surface area (Å²) < 4.78 is 16.4. The van der Waals surface area contributed by atoms with Crippen molar-refractivity contribution in [3.05, 3.63) is 35.9 Å². The highest BCUT2D eigenvalue weighted by atomic mass is 32.2. The highest BCUT2D eigenvalue weighted by Gasteiger charge is 2.11. The first-order chi connectivity index (χ1) is 10.9. The first-order valence-corrected chi connectivity index (χ1v) is 8.65. The third-order valence-corrected chi connectivity index (χ3v) is 3.84. The Balaban J connectivity index is 2.21. The van der Waals surface area contributed by atoms with E-state index in [2.05, 4.69) is 0 Å². The van der Waals surface area contributed by atoms with E-state index in [0.29, 0.717) is 38.8 Å². The summed E-state index contributed by atoms with van der Waals surface area (Å²) in [4.78, 5) is 0. The van der Waals surface area contributed by atoms with Gasteiger partial charge in [0.25, 0.3) is 0 Å². The van der Waals surface area contributed by atoms with Crippen LogP contribution in [0, 0.1) is 0 Å². The molecule has 1 atom stereocenters. The molecule has 0 radical (unpaired) electrons. The molecule has 0 aromatic heterocycles. The van der Waals surface area contributed by atoms with Crippen LogP contribution < -0.4 is 0 Å². The van der Waals surface area contributed by atoms with Crippen LogP contribution in [0.4, 0.5) is 0 Å². The summed E-state index contributed by atoms with van der Waals surface area (Å²) in [6.45, 7) is 2.57. The van der Waals surface area contributed by atoms with Gasteiger partial charge < -0.3 is 24.4 Å². The first-order valence-electron chi connectivity index (χ1n) is 7.50. The molecule has 0 aliphatic heterocycles. The molecule has 0 spiro atoms. The molecule has 0 fully saturated rings. The number of benzene rings is 1. The topological polar surface area (TPSA) is 68.2 Å². The van der Waals surface area contributed by atoms with Gasteiger partial charge in [-0.1, -0.05) is 30.3 Å². The van der Waals surface area contributed by atoms with Gasteiger partial charge in [0, 0.05) is 11.5 Å². The van der Waals surface area contributed by atoms with Crippen LogP contribution >= 0.6 is 11.8 Å². The van der Waals surface area contributed by atoms with Crippen LogP contribution in [0.2, 0.25) is 0 Å². The second-order valence-electron chi connectivity index (χ2n) is 4.52. The number of rotatable bonds is 14. The minimum Gasteiger partial charge on any atom is -0.396 e. The Labute approximate surface area is 136 Å². The van der Waals surface area contributed by atoms with E-state index >= 15 is 0 Å². The monoisotopic (exact) mass is 330 g/mol. The number of thioether (sulfide) groups is 1. The third-order valence-electron chi connectivity index (χ3n) is 2.83. The van der Waals surface area contributed by atoms with E-state index in [1.807, 2.05) is 30.3 Å². The highest BCUT2D eigenvalue weighted by Crippen LogP contribution is 2.21. The van der Waals surface area contributed by atoms with Crippen LogP contribution in [-0.2, 0) is 14.2 Å². The van der Waals surface area contributed by atoms with Crippen molar-refractivity contribution < 1.29 is 24.4 Å². The molecule has 0 heterocycles. The van der Waals surface area contributed by atoms with Gasteiger partial charge in [0.05, 0.1) is 52.4 Å². The highest BCUT2D eigenvalue weighted by molar-refractivity contribution is 7.99. The van der Waals surface area contributed by atoms with Gasteiger partial charge in [-0.25, -0.2) is 0 Å². The molecule has 5 nitrogen and oxygen atoms in total. The smallest absolute Gasteiger partial charge is 0.0916 e. The fourth-order valence-corrected chi connectivity index (χ4v) is 2.60. The Kier molecular flexibility index (Phi) is 12.4. The van der Waals surface area contributed by atoms with E-state index in [9.17, 15) is 0 Å². The zero-order chi connectivity index (χ0) is 15.9. The van der Waals surface area contributed by atoms with E-state index in [1.165, 1.54) is 0 Å². The molecule has 6 heteroatoms. The van der Waals surface area contributed by atoms with Gasteiger partial charge in [-0.3, -0.25) is 0 Å². The van der Waals surface area contributed by atoms with Gasteiger partial charge in [-0.05, 0) is 5.56 Å². The van der Waals surface area contributed by atoms with Gasteiger partial charge in [0.1, 0.15) is 0 Å². The van der Waals surface area contributed by atoms with Crippen molar-refractivity contribution in [2.45, 2.75) is 6.10 Å². The molecular formula is C16H26O5S. The van der Waals surface area contributed by atoms with Crippen LogP contribution in [-0.4, -0.2) is 68.0 Å². The lowest BCUT2D eigenvalue weighted by atomic mass is 10.1. The zero-order valence-electron chi connectivity index (χ0n) is 12.9. The molecule has 22 heavy (non-hydrogen) atoms. The maximum absolute atomic E-state index is 8.88. The number of ether oxygens (including phenoxy) is 3. The predicted molar refractivity (Wildman–Crippen MR) is 88.3 cm³/mol. The molecule has 0 saturated heterocycles. The quantitative estimate of drug-likeness (QED) is 0.504. The molecule has 0 aliphatic rings. The van der Waals surface area contributed by atoms with Crippen LogP contribution in [0.3, 0.4) is 0 Å². The molecule has 0 aliphatic carbocycles. The lowest BCUT2D eigenvalue weighted by molar-refractivity contribution is -0.00930. The molecule has 1 aromatic carbocycles. The molecule has 1 unspecified atom stereocenters. The lowest BCUT2D eigenvalue weighted by Crippen LogP contribution is -2.14. The Bertz CT molecular complexity index is 350. The Morgan fingerprint density at radius 1 is 0.864 bits per heavy atom. The van der Waals surface area contributed by atoms with E-state index in [0.717, 1.165) is 11.3 Å². The fraction of sp³-hybridized carbons (Fsp3) is 0.625. The van der Waals surface area contributed by atoms with Crippen LogP contribution in [0.5, 0.6) is 0 Å². The summed E-state index contributed by atoms with van der Waals surface area (Å²) in [5.41, 5.74) is 1.14. The summed E-state index contributed by atoms with van der Waals surface area (Å²) in [5.74, 6) is 1.52. The van der Waals surface area contributed by atoms with E-state index in [-0.39, 0.29) is 19.3 Å². The SMILES string of the molecule is OCCOCCOCCOC(CSCCO)c1ccccc1. The molecule has 2 N–H and O–H groups in total. The van der Waals surface area contributed by atoms with Crippen molar-refractivity contribution in [3.63, 3.8) is 0 Å². The number of hydrogen-bond acceptors (Lipinski definition) is 6. The minimum atomic E-state index is 0.00647. The summed E-state index contributed by atoms with van der Waals surface area (Å²) in [6.07, 6.45) is 0.00647. The molecule has 0 amide bonds. The van der Waals surface area contributed by atoms with Crippen LogP contribution in [0.25, 0.3) is 0 Å². The van der Waals surface area contributed by atoms with Crippen molar-refractivity contribution in [1.29, 1.82) is 0 Å². The van der Waals surface area contributed by atoms with Gasteiger partial charge in [-0.15, -0.1) is 0 Å². The van der Waals surface area contributed by atoms with E-state index < -0.39 is 0 Å². The normalized spacial score (nSPS) is 12.5. The Hall–Kier alpha value is -0.630. The number of aliphatic hydroxyl groups is 2. The van der Waals surface area contributed by atoms with Crippen LogP contribution in [0.15, 0.2) is 30.3 Å². The summed E-state index contributed by atoms with van der Waals surface area (Å²) in [5, 5.41) is 17.4. The maximum Gasteiger partial charge on any atom is 0.0916 e. The minimum absolute atomic E-state index is 0.00647. The summed E-state index contributed by atoms with van der Waals surface area (Å²) in [7, 11) is 0. The molecule has 126 valence electrons. The van der Waals surface area contributed by atoms with Crippen LogP contribution in [0.1, 0.15) is 11.7 Å². The predicted octanol–water partition coefficient (Wildman–Crippen LogP) is 1.50. The second kappa shape index (κ2) is 14.0. The second-order valence-corrected chi connectivity index (χ2v) is 5.67. The van der Waals surface area contributed by atoms with Crippen molar-refractivity contribution in [2.75, 3.05) is 57.8 Å². The zero-order valence-corrected chi connectivity index (χ0v) is 13.7. The average Bonchev–Trinajstić information content (AvgIpc) is 2.56. The number of aliphatic hydroxyl groups excluding tert-OH is 2. The summed E-state index contributed by atoms with van der Waals surface area (Å²) in [6, 6.07) is 10.1. The van der Waals surface area contributed by atoms with Gasteiger partial charge in [-0.2, -0.15) is 11.8 Å². The van der Waals surface area contributed by atoms with E-state index in [1.54, 1.807) is 11.8 Å². The lowest BCUT2D eigenvalue weighted by Gasteiger charge is -2.18. The third kappa shape index (κ3) is 9.40. The largest absolute Gasteiger partial charge is 0.396 e. The number of hydrogen-bond donors (Lipinski definition) is 2.